The molecule has 0 heterocycles. The smallest absolute Gasteiger partial charge is 0.165 e. The Balaban J connectivity index is 2.62. The number of nitriles is 1. The van der Waals surface area contributed by atoms with E-state index in [9.17, 15) is 9.50 Å². The first kappa shape index (κ1) is 14.5. The van der Waals surface area contributed by atoms with Crippen LogP contribution in [0.5, 0.6) is 5.75 Å². The first-order valence-corrected chi connectivity index (χ1v) is 5.87. The summed E-state index contributed by atoms with van der Waals surface area (Å²) >= 11 is 0. The highest BCUT2D eigenvalue weighted by Gasteiger charge is 2.17. The van der Waals surface area contributed by atoms with Crippen molar-refractivity contribution in [2.24, 2.45) is 5.41 Å². The third kappa shape index (κ3) is 4.01. The Morgan fingerprint density at radius 3 is 2.67 bits per heavy atom. The van der Waals surface area contributed by atoms with E-state index in [1.54, 1.807) is 13.0 Å². The van der Waals surface area contributed by atoms with Crippen LogP contribution in [-0.2, 0) is 0 Å². The molecule has 4 heteroatoms. The maximum atomic E-state index is 13.6. The number of rotatable bonds is 5. The molecule has 0 bridgehead atoms. The van der Waals surface area contributed by atoms with Crippen molar-refractivity contribution in [1.29, 1.82) is 5.26 Å². The van der Waals surface area contributed by atoms with Crippen molar-refractivity contribution in [2.45, 2.75) is 33.3 Å². The molecule has 0 aromatic heterocycles. The molecule has 0 aliphatic rings. The molecule has 1 aromatic carbocycles. The molecule has 0 aliphatic heterocycles. The van der Waals surface area contributed by atoms with Gasteiger partial charge in [0.05, 0.1) is 24.2 Å². The van der Waals surface area contributed by atoms with Gasteiger partial charge in [0.25, 0.3) is 0 Å². The zero-order valence-electron chi connectivity index (χ0n) is 10.9. The minimum absolute atomic E-state index is 0.146. The molecule has 0 radical (unpaired) electrons. The van der Waals surface area contributed by atoms with Crippen molar-refractivity contribution >= 4 is 0 Å². The topological polar surface area (TPSA) is 53.2 Å². The van der Waals surface area contributed by atoms with Crippen LogP contribution in [0.1, 0.15) is 38.9 Å². The first-order chi connectivity index (χ1) is 8.35. The van der Waals surface area contributed by atoms with Gasteiger partial charge < -0.3 is 9.84 Å². The molecule has 18 heavy (non-hydrogen) atoms. The SMILES string of the molecule is CC(O)c1ccc(OCCC(C)(C)C#N)c(F)c1. The van der Waals surface area contributed by atoms with Crippen LogP contribution in [0.4, 0.5) is 4.39 Å². The van der Waals surface area contributed by atoms with Crippen molar-refractivity contribution in [2.75, 3.05) is 6.61 Å². The molecular formula is C14H18FNO2. The van der Waals surface area contributed by atoms with Crippen LogP contribution in [0.3, 0.4) is 0 Å². The van der Waals surface area contributed by atoms with Crippen molar-refractivity contribution < 1.29 is 14.2 Å². The first-order valence-electron chi connectivity index (χ1n) is 5.87. The van der Waals surface area contributed by atoms with Gasteiger partial charge in [0.15, 0.2) is 11.6 Å². The lowest BCUT2D eigenvalue weighted by atomic mass is 9.92. The van der Waals surface area contributed by atoms with Gasteiger partial charge in [0, 0.05) is 0 Å². The zero-order valence-corrected chi connectivity index (χ0v) is 10.9. The van der Waals surface area contributed by atoms with E-state index in [1.165, 1.54) is 12.1 Å². The van der Waals surface area contributed by atoms with Crippen LogP contribution in [0.2, 0.25) is 0 Å². The third-order valence-electron chi connectivity index (χ3n) is 2.73. The van der Waals surface area contributed by atoms with E-state index < -0.39 is 17.3 Å². The quantitative estimate of drug-likeness (QED) is 0.874. The van der Waals surface area contributed by atoms with E-state index >= 15 is 0 Å². The summed E-state index contributed by atoms with van der Waals surface area (Å²) < 4.78 is 18.9. The molecule has 1 N–H and O–H groups in total. The highest BCUT2D eigenvalue weighted by Crippen LogP contribution is 2.24. The summed E-state index contributed by atoms with van der Waals surface area (Å²) in [7, 11) is 0. The van der Waals surface area contributed by atoms with Crippen molar-refractivity contribution in [3.05, 3.63) is 29.6 Å². The standard InChI is InChI=1S/C14H18FNO2/c1-10(17)11-4-5-13(12(15)8-11)18-7-6-14(2,3)9-16/h4-5,8,10,17H,6-7H2,1-3H3. The van der Waals surface area contributed by atoms with Crippen molar-refractivity contribution in [3.8, 4) is 11.8 Å². The molecular weight excluding hydrogens is 233 g/mol. The molecule has 0 fully saturated rings. The number of ether oxygens (including phenoxy) is 1. The van der Waals surface area contributed by atoms with Crippen LogP contribution in [0.25, 0.3) is 0 Å². The highest BCUT2D eigenvalue weighted by atomic mass is 19.1. The zero-order chi connectivity index (χ0) is 13.8. The van der Waals surface area contributed by atoms with Crippen LogP contribution in [0, 0.1) is 22.6 Å². The maximum absolute atomic E-state index is 13.6. The van der Waals surface area contributed by atoms with E-state index in [0.29, 0.717) is 12.0 Å². The fourth-order valence-electron chi connectivity index (χ4n) is 1.37. The Morgan fingerprint density at radius 2 is 2.17 bits per heavy atom. The molecule has 1 rings (SSSR count). The predicted octanol–water partition coefficient (Wildman–Crippen LogP) is 3.20. The second-order valence-corrected chi connectivity index (χ2v) is 4.96. The molecule has 1 unspecified atom stereocenters. The summed E-state index contributed by atoms with van der Waals surface area (Å²) in [5, 5.41) is 18.1. The highest BCUT2D eigenvalue weighted by molar-refractivity contribution is 5.30. The number of benzene rings is 1. The normalized spacial score (nSPS) is 12.9. The van der Waals surface area contributed by atoms with E-state index in [0.717, 1.165) is 0 Å². The van der Waals surface area contributed by atoms with E-state index in [1.807, 2.05) is 13.8 Å². The van der Waals surface area contributed by atoms with Crippen molar-refractivity contribution in [1.82, 2.24) is 0 Å². The van der Waals surface area contributed by atoms with E-state index in [4.69, 9.17) is 10.00 Å². The lowest BCUT2D eigenvalue weighted by Gasteiger charge is -2.16. The van der Waals surface area contributed by atoms with Gasteiger partial charge in [-0.3, -0.25) is 0 Å². The largest absolute Gasteiger partial charge is 0.490 e. The Labute approximate surface area is 107 Å². The number of aliphatic hydroxyl groups is 1. The van der Waals surface area contributed by atoms with E-state index in [2.05, 4.69) is 6.07 Å². The lowest BCUT2D eigenvalue weighted by molar-refractivity contribution is 0.198. The fourth-order valence-corrected chi connectivity index (χ4v) is 1.37. The van der Waals surface area contributed by atoms with Crippen LogP contribution >= 0.6 is 0 Å². The monoisotopic (exact) mass is 251 g/mol. The summed E-state index contributed by atoms with van der Waals surface area (Å²) in [5.41, 5.74) is 0.0351. The number of halogens is 1. The summed E-state index contributed by atoms with van der Waals surface area (Å²) in [6, 6.07) is 6.54. The Kier molecular flexibility index (Phi) is 4.69. The van der Waals surface area contributed by atoms with Gasteiger partial charge in [0.2, 0.25) is 0 Å². The Hall–Kier alpha value is -1.60. The lowest BCUT2D eigenvalue weighted by Crippen LogP contribution is -2.13. The van der Waals surface area contributed by atoms with Gasteiger partial charge in [0.1, 0.15) is 0 Å². The van der Waals surface area contributed by atoms with Gasteiger partial charge in [-0.1, -0.05) is 6.07 Å². The Bertz CT molecular complexity index is 450. The summed E-state index contributed by atoms with van der Waals surface area (Å²) in [6.07, 6.45) is -0.174. The van der Waals surface area contributed by atoms with Crippen LogP contribution < -0.4 is 4.74 Å². The number of aliphatic hydroxyl groups excluding tert-OH is 1. The van der Waals surface area contributed by atoms with Gasteiger partial charge in [-0.2, -0.15) is 5.26 Å². The van der Waals surface area contributed by atoms with Crippen LogP contribution in [-0.4, -0.2) is 11.7 Å². The Morgan fingerprint density at radius 1 is 1.50 bits per heavy atom. The van der Waals surface area contributed by atoms with Crippen molar-refractivity contribution in [3.63, 3.8) is 0 Å². The minimum Gasteiger partial charge on any atom is -0.490 e. The summed E-state index contributed by atoms with van der Waals surface area (Å²) in [5.74, 6) is -0.351. The average Bonchev–Trinajstić information content (AvgIpc) is 2.31. The molecule has 1 atom stereocenters. The fraction of sp³-hybridized carbons (Fsp3) is 0.500. The second-order valence-electron chi connectivity index (χ2n) is 4.96. The third-order valence-corrected chi connectivity index (χ3v) is 2.73. The summed E-state index contributed by atoms with van der Waals surface area (Å²) in [4.78, 5) is 0. The second kappa shape index (κ2) is 5.83. The molecule has 98 valence electrons. The van der Waals surface area contributed by atoms with Gasteiger partial charge in [-0.05, 0) is 44.9 Å². The minimum atomic E-state index is -0.703. The van der Waals surface area contributed by atoms with E-state index in [-0.39, 0.29) is 12.4 Å². The molecule has 0 spiro atoms. The molecule has 3 nitrogen and oxygen atoms in total. The molecule has 1 aromatic rings. The maximum Gasteiger partial charge on any atom is 0.165 e. The number of hydrogen-bond acceptors (Lipinski definition) is 3. The molecule has 0 aliphatic carbocycles. The predicted molar refractivity (Wildman–Crippen MR) is 66.5 cm³/mol. The summed E-state index contributed by atoms with van der Waals surface area (Å²) in [6.45, 7) is 5.47. The van der Waals surface area contributed by atoms with Gasteiger partial charge in [-0.15, -0.1) is 0 Å². The average molecular weight is 251 g/mol. The van der Waals surface area contributed by atoms with Gasteiger partial charge >= 0.3 is 0 Å². The molecule has 0 saturated carbocycles. The molecule has 0 amide bonds. The van der Waals surface area contributed by atoms with Gasteiger partial charge in [-0.25, -0.2) is 4.39 Å². The number of hydrogen-bond donors (Lipinski definition) is 1. The number of nitrogens with zero attached hydrogens (tertiary/aromatic N) is 1. The van der Waals surface area contributed by atoms with Crippen LogP contribution in [0.15, 0.2) is 18.2 Å². The molecule has 0 saturated heterocycles.